The molecule has 2 aromatic rings. The van der Waals surface area contributed by atoms with E-state index in [9.17, 15) is 4.79 Å². The maximum absolute atomic E-state index is 11.7. The van der Waals surface area contributed by atoms with Crippen molar-refractivity contribution in [1.82, 2.24) is 5.32 Å². The minimum atomic E-state index is -0.126. The van der Waals surface area contributed by atoms with Crippen LogP contribution in [0.15, 0.2) is 54.6 Å². The molecule has 0 aliphatic rings. The molecule has 0 aromatic heterocycles. The van der Waals surface area contributed by atoms with Crippen molar-refractivity contribution < 1.29 is 9.53 Å². The first kappa shape index (κ1) is 15.4. The first-order chi connectivity index (χ1) is 10.8. The highest BCUT2D eigenvalue weighted by Gasteiger charge is 2.01. The number of para-hydroxylation sites is 1. The fourth-order valence-corrected chi connectivity index (χ4v) is 1.82. The first-order valence-corrected chi connectivity index (χ1v) is 6.96. The molecule has 0 heterocycles. The van der Waals surface area contributed by atoms with Gasteiger partial charge < -0.3 is 15.4 Å². The number of benzene rings is 2. The van der Waals surface area contributed by atoms with Crippen molar-refractivity contribution in [2.75, 3.05) is 25.0 Å². The Hall–Kier alpha value is -3.00. The minimum Gasteiger partial charge on any atom is -0.492 e. The van der Waals surface area contributed by atoms with Crippen molar-refractivity contribution in [3.8, 4) is 11.8 Å². The zero-order chi connectivity index (χ0) is 15.6. The fraction of sp³-hybridized carbons (Fsp3) is 0.176. The van der Waals surface area contributed by atoms with Crippen molar-refractivity contribution >= 4 is 11.6 Å². The van der Waals surface area contributed by atoms with Crippen LogP contribution in [0.2, 0.25) is 0 Å². The van der Waals surface area contributed by atoms with Crippen molar-refractivity contribution in [1.29, 1.82) is 5.26 Å². The fourth-order valence-electron chi connectivity index (χ4n) is 1.82. The van der Waals surface area contributed by atoms with Gasteiger partial charge in [-0.15, -0.1) is 0 Å². The van der Waals surface area contributed by atoms with Gasteiger partial charge in [0.1, 0.15) is 12.4 Å². The number of amides is 1. The molecule has 0 radical (unpaired) electrons. The van der Waals surface area contributed by atoms with Gasteiger partial charge in [-0.2, -0.15) is 5.26 Å². The third kappa shape index (κ3) is 5.17. The lowest BCUT2D eigenvalue weighted by Gasteiger charge is -2.09. The van der Waals surface area contributed by atoms with E-state index < -0.39 is 0 Å². The van der Waals surface area contributed by atoms with E-state index >= 15 is 0 Å². The Morgan fingerprint density at radius 3 is 2.73 bits per heavy atom. The molecule has 1 amide bonds. The molecule has 0 spiro atoms. The first-order valence-electron chi connectivity index (χ1n) is 6.96. The van der Waals surface area contributed by atoms with Crippen LogP contribution < -0.4 is 15.4 Å². The maximum Gasteiger partial charge on any atom is 0.239 e. The Balaban J connectivity index is 1.64. The largest absolute Gasteiger partial charge is 0.492 e. The predicted octanol–water partition coefficient (Wildman–Crippen LogP) is 2.17. The standard InChI is InChI=1S/C17H17N3O2/c18-12-14-5-4-6-15(11-14)20-13-17(21)19-9-10-22-16-7-2-1-3-8-16/h1-8,11,20H,9-10,13H2,(H,19,21). The average Bonchev–Trinajstić information content (AvgIpc) is 2.58. The van der Waals surface area contributed by atoms with Crippen LogP contribution in [0.4, 0.5) is 5.69 Å². The molecular formula is C17H17N3O2. The van der Waals surface area contributed by atoms with Crippen LogP contribution >= 0.6 is 0 Å². The van der Waals surface area contributed by atoms with Gasteiger partial charge in [-0.05, 0) is 30.3 Å². The number of hydrogen-bond acceptors (Lipinski definition) is 4. The van der Waals surface area contributed by atoms with Crippen LogP contribution in [0.5, 0.6) is 5.75 Å². The second-order valence-electron chi connectivity index (χ2n) is 4.56. The lowest BCUT2D eigenvalue weighted by Crippen LogP contribution is -2.33. The van der Waals surface area contributed by atoms with Gasteiger partial charge in [-0.3, -0.25) is 4.79 Å². The van der Waals surface area contributed by atoms with Crippen LogP contribution in [-0.4, -0.2) is 25.6 Å². The van der Waals surface area contributed by atoms with Gasteiger partial charge in [0.05, 0.1) is 24.7 Å². The molecule has 22 heavy (non-hydrogen) atoms. The van der Waals surface area contributed by atoms with Gasteiger partial charge in [0.15, 0.2) is 0 Å². The number of ether oxygens (including phenoxy) is 1. The van der Waals surface area contributed by atoms with Crippen molar-refractivity contribution in [2.24, 2.45) is 0 Å². The molecule has 112 valence electrons. The number of anilines is 1. The highest BCUT2D eigenvalue weighted by atomic mass is 16.5. The summed E-state index contributed by atoms with van der Waals surface area (Å²) in [6.07, 6.45) is 0. The lowest BCUT2D eigenvalue weighted by atomic mass is 10.2. The third-order valence-electron chi connectivity index (χ3n) is 2.88. The minimum absolute atomic E-state index is 0.126. The Kier molecular flexibility index (Phi) is 5.82. The summed E-state index contributed by atoms with van der Waals surface area (Å²) in [6.45, 7) is 1.01. The normalized spacial score (nSPS) is 9.59. The number of nitrogens with zero attached hydrogens (tertiary/aromatic N) is 1. The quantitative estimate of drug-likeness (QED) is 0.768. The average molecular weight is 295 g/mol. The highest BCUT2D eigenvalue weighted by molar-refractivity contribution is 5.80. The molecule has 2 N–H and O–H groups in total. The van der Waals surface area contributed by atoms with Gasteiger partial charge in [0.25, 0.3) is 0 Å². The topological polar surface area (TPSA) is 74.2 Å². The molecule has 0 bridgehead atoms. The van der Waals surface area contributed by atoms with Gasteiger partial charge in [-0.1, -0.05) is 24.3 Å². The van der Waals surface area contributed by atoms with E-state index in [-0.39, 0.29) is 12.5 Å². The molecule has 0 unspecified atom stereocenters. The molecular weight excluding hydrogens is 278 g/mol. The molecule has 0 fully saturated rings. The summed E-state index contributed by atoms with van der Waals surface area (Å²) in [4.78, 5) is 11.7. The maximum atomic E-state index is 11.7. The van der Waals surface area contributed by atoms with E-state index in [0.29, 0.717) is 18.7 Å². The monoisotopic (exact) mass is 295 g/mol. The lowest BCUT2D eigenvalue weighted by molar-refractivity contribution is -0.119. The summed E-state index contributed by atoms with van der Waals surface area (Å²) in [5.41, 5.74) is 1.30. The Morgan fingerprint density at radius 2 is 1.95 bits per heavy atom. The van der Waals surface area contributed by atoms with Crippen molar-refractivity contribution in [3.05, 3.63) is 60.2 Å². The second kappa shape index (κ2) is 8.32. The van der Waals surface area contributed by atoms with Crippen LogP contribution in [0.3, 0.4) is 0 Å². The van der Waals surface area contributed by atoms with E-state index in [0.717, 1.165) is 11.4 Å². The van der Waals surface area contributed by atoms with Crippen LogP contribution in [0.25, 0.3) is 0 Å². The third-order valence-corrected chi connectivity index (χ3v) is 2.88. The Bertz CT molecular complexity index is 650. The molecule has 5 nitrogen and oxygen atoms in total. The van der Waals surface area contributed by atoms with Gasteiger partial charge >= 0.3 is 0 Å². The summed E-state index contributed by atoms with van der Waals surface area (Å²) in [6, 6.07) is 18.5. The molecule has 0 aliphatic heterocycles. The molecule has 2 rings (SSSR count). The van der Waals surface area contributed by atoms with Gasteiger partial charge in [0, 0.05) is 5.69 Å². The van der Waals surface area contributed by atoms with E-state index in [1.54, 1.807) is 18.2 Å². The van der Waals surface area contributed by atoms with Crippen molar-refractivity contribution in [3.63, 3.8) is 0 Å². The molecule has 0 saturated carbocycles. The summed E-state index contributed by atoms with van der Waals surface area (Å²) in [7, 11) is 0. The summed E-state index contributed by atoms with van der Waals surface area (Å²) in [5, 5.41) is 14.5. The molecule has 0 atom stereocenters. The molecule has 5 heteroatoms. The van der Waals surface area contributed by atoms with Crippen LogP contribution in [0, 0.1) is 11.3 Å². The molecule has 0 aliphatic carbocycles. The SMILES string of the molecule is N#Cc1cccc(NCC(=O)NCCOc2ccccc2)c1. The van der Waals surface area contributed by atoms with Crippen molar-refractivity contribution in [2.45, 2.75) is 0 Å². The predicted molar refractivity (Wildman–Crippen MR) is 84.6 cm³/mol. The number of carbonyl (C=O) groups is 1. The smallest absolute Gasteiger partial charge is 0.239 e. The molecule has 2 aromatic carbocycles. The summed E-state index contributed by atoms with van der Waals surface area (Å²) in [5.74, 6) is 0.655. The zero-order valence-electron chi connectivity index (χ0n) is 12.1. The van der Waals surface area contributed by atoms with E-state index in [4.69, 9.17) is 10.00 Å². The summed E-state index contributed by atoms with van der Waals surface area (Å²) < 4.78 is 5.48. The Morgan fingerprint density at radius 1 is 1.14 bits per heavy atom. The zero-order valence-corrected chi connectivity index (χ0v) is 12.1. The van der Waals surface area contributed by atoms with Crippen LogP contribution in [-0.2, 0) is 4.79 Å². The van der Waals surface area contributed by atoms with E-state index in [2.05, 4.69) is 16.7 Å². The van der Waals surface area contributed by atoms with Gasteiger partial charge in [0.2, 0.25) is 5.91 Å². The van der Waals surface area contributed by atoms with E-state index in [1.807, 2.05) is 36.4 Å². The van der Waals surface area contributed by atoms with Gasteiger partial charge in [-0.25, -0.2) is 0 Å². The second-order valence-corrected chi connectivity index (χ2v) is 4.56. The number of nitrogens with one attached hydrogen (secondary N) is 2. The number of rotatable bonds is 7. The number of carbonyl (C=O) groups excluding carboxylic acids is 1. The number of hydrogen-bond donors (Lipinski definition) is 2. The summed E-state index contributed by atoms with van der Waals surface area (Å²) >= 11 is 0. The van der Waals surface area contributed by atoms with Crippen LogP contribution in [0.1, 0.15) is 5.56 Å². The molecule has 0 saturated heterocycles. The highest BCUT2D eigenvalue weighted by Crippen LogP contribution is 2.09. The Labute approximate surface area is 129 Å². The number of nitriles is 1. The van der Waals surface area contributed by atoms with E-state index in [1.165, 1.54) is 0 Å².